The molecule has 3 heterocycles. The number of ether oxygens (including phenoxy) is 2. The fourth-order valence-corrected chi connectivity index (χ4v) is 8.03. The summed E-state index contributed by atoms with van der Waals surface area (Å²) in [6.07, 6.45) is 0.861. The summed E-state index contributed by atoms with van der Waals surface area (Å²) in [5, 5.41) is 21.8. The largest absolute Gasteiger partial charge is 0.503 e. The van der Waals surface area contributed by atoms with Crippen molar-refractivity contribution < 1.29 is 24.2 Å². The topological polar surface area (TPSA) is 115 Å². The Morgan fingerprint density at radius 2 is 1.89 bits per heavy atom. The van der Waals surface area contributed by atoms with E-state index in [4.69, 9.17) is 32.7 Å². The van der Waals surface area contributed by atoms with Crippen LogP contribution in [0.5, 0.6) is 11.5 Å². The predicted molar refractivity (Wildman–Crippen MR) is 180 cm³/mol. The molecule has 0 bridgehead atoms. The van der Waals surface area contributed by atoms with E-state index in [1.807, 2.05) is 6.07 Å². The smallest absolute Gasteiger partial charge is 0.296 e. The highest BCUT2D eigenvalue weighted by Crippen LogP contribution is 2.46. The number of carbonyl (C=O) groups is 2. The number of Topliss-reactive ketones (excluding diaryl/α,β-unsaturated/α-hetero) is 1. The van der Waals surface area contributed by atoms with Gasteiger partial charge in [0, 0.05) is 15.8 Å². The van der Waals surface area contributed by atoms with Crippen LogP contribution in [-0.2, 0) is 10.5 Å². The zero-order valence-corrected chi connectivity index (χ0v) is 29.1. The van der Waals surface area contributed by atoms with Crippen LogP contribution in [0.1, 0.15) is 57.8 Å². The molecule has 1 aliphatic heterocycles. The molecule has 1 atom stereocenters. The lowest BCUT2D eigenvalue weighted by molar-refractivity contribution is -0.117. The molecule has 236 valence electrons. The molecule has 5 rings (SSSR count). The molecule has 0 spiro atoms. The number of anilines is 1. The van der Waals surface area contributed by atoms with E-state index in [1.54, 1.807) is 44.2 Å². The van der Waals surface area contributed by atoms with Gasteiger partial charge >= 0.3 is 0 Å². The number of hydrogen-bond acceptors (Lipinski definition) is 11. The van der Waals surface area contributed by atoms with Crippen molar-refractivity contribution >= 4 is 74.5 Å². The lowest BCUT2D eigenvalue weighted by Gasteiger charge is -2.25. The summed E-state index contributed by atoms with van der Waals surface area (Å²) in [5.74, 6) is 0.0321. The molecule has 9 nitrogen and oxygen atoms in total. The van der Waals surface area contributed by atoms with Crippen LogP contribution < -0.4 is 14.4 Å². The third-order valence-electron chi connectivity index (χ3n) is 6.99. The van der Waals surface area contributed by atoms with E-state index in [2.05, 4.69) is 29.0 Å². The van der Waals surface area contributed by atoms with Gasteiger partial charge in [0.25, 0.3) is 5.91 Å². The van der Waals surface area contributed by atoms with Crippen molar-refractivity contribution in [2.24, 2.45) is 5.92 Å². The molecule has 0 aliphatic carbocycles. The van der Waals surface area contributed by atoms with Crippen molar-refractivity contribution in [1.82, 2.24) is 15.2 Å². The minimum Gasteiger partial charge on any atom is -0.503 e. The van der Waals surface area contributed by atoms with Gasteiger partial charge in [0.1, 0.15) is 0 Å². The Bertz CT molecular complexity index is 1790. The fourth-order valence-electron chi connectivity index (χ4n) is 4.73. The van der Waals surface area contributed by atoms with E-state index in [9.17, 15) is 14.7 Å². The number of rotatable bonds is 12. The molecule has 1 unspecified atom stereocenters. The van der Waals surface area contributed by atoms with Gasteiger partial charge < -0.3 is 14.6 Å². The number of benzene rings is 2. The number of aliphatic hydroxyl groups excluding tert-OH is 1. The monoisotopic (exact) mass is 704 g/mol. The number of thiazole rings is 1. The summed E-state index contributed by atoms with van der Waals surface area (Å²) < 4.78 is 12.2. The van der Waals surface area contributed by atoms with E-state index in [0.717, 1.165) is 12.0 Å². The second kappa shape index (κ2) is 14.1. The van der Waals surface area contributed by atoms with Crippen LogP contribution in [0, 0.1) is 19.8 Å². The number of thioether (sulfide) groups is 1. The van der Waals surface area contributed by atoms with Gasteiger partial charge in [0.2, 0.25) is 10.9 Å². The van der Waals surface area contributed by atoms with Crippen LogP contribution in [0.3, 0.4) is 0 Å². The highest BCUT2D eigenvalue weighted by molar-refractivity contribution is 8.00. The number of aliphatic hydroxyl groups is 1. The number of aryl methyl sites for hydroxylation is 2. The molecule has 1 amide bonds. The van der Waals surface area contributed by atoms with E-state index in [-0.39, 0.29) is 10.7 Å². The van der Waals surface area contributed by atoms with Gasteiger partial charge in [-0.1, -0.05) is 72.3 Å². The summed E-state index contributed by atoms with van der Waals surface area (Å²) in [4.78, 5) is 33.8. The van der Waals surface area contributed by atoms with E-state index in [1.165, 1.54) is 46.4 Å². The van der Waals surface area contributed by atoms with E-state index >= 15 is 0 Å². The zero-order valence-electron chi connectivity index (χ0n) is 25.1. The van der Waals surface area contributed by atoms with Crippen molar-refractivity contribution in [1.29, 1.82) is 0 Å². The van der Waals surface area contributed by atoms with Crippen molar-refractivity contribution in [3.8, 4) is 11.5 Å². The lowest BCUT2D eigenvalue weighted by Crippen LogP contribution is -2.31. The van der Waals surface area contributed by atoms with Crippen molar-refractivity contribution in [3.05, 3.63) is 84.5 Å². The lowest BCUT2D eigenvalue weighted by atomic mass is 9.95. The fraction of sp³-hybridized carbons (Fsp3) is 0.323. The Labute approximate surface area is 283 Å². The van der Waals surface area contributed by atoms with Crippen LogP contribution in [0.25, 0.3) is 0 Å². The second-order valence-electron chi connectivity index (χ2n) is 10.6. The molecule has 1 N–H and O–H groups in total. The molecular weight excluding hydrogens is 675 g/mol. The predicted octanol–water partition coefficient (Wildman–Crippen LogP) is 8.43. The maximum atomic E-state index is 14.0. The summed E-state index contributed by atoms with van der Waals surface area (Å²) in [5.41, 5.74) is 1.84. The van der Waals surface area contributed by atoms with E-state index in [0.29, 0.717) is 65.3 Å². The first-order valence-corrected chi connectivity index (χ1v) is 17.3. The number of carbonyl (C=O) groups excluding carboxylic acids is 2. The number of amides is 1. The molecular formula is C31H30Cl2N4O5S3. The van der Waals surface area contributed by atoms with Crippen LogP contribution in [0.2, 0.25) is 10.0 Å². The first-order valence-electron chi connectivity index (χ1n) is 13.9. The molecule has 0 fully saturated rings. The third kappa shape index (κ3) is 7.15. The van der Waals surface area contributed by atoms with Gasteiger partial charge in [0.05, 0.1) is 40.9 Å². The first-order chi connectivity index (χ1) is 21.5. The third-order valence-corrected chi connectivity index (χ3v) is 10.8. The first kappa shape index (κ1) is 33.2. The van der Waals surface area contributed by atoms with Crippen molar-refractivity contribution in [2.75, 3.05) is 18.6 Å². The molecule has 0 radical (unpaired) electrons. The summed E-state index contributed by atoms with van der Waals surface area (Å²) in [7, 11) is 1.52. The number of halogens is 2. The molecule has 0 saturated carbocycles. The molecule has 2 aromatic heterocycles. The Morgan fingerprint density at radius 3 is 2.56 bits per heavy atom. The number of aromatic nitrogens is 3. The molecule has 2 aromatic carbocycles. The summed E-state index contributed by atoms with van der Waals surface area (Å²) >= 11 is 16.1. The normalized spacial score (nSPS) is 15.0. The molecule has 14 heteroatoms. The minimum absolute atomic E-state index is 0.0698. The minimum atomic E-state index is -1.01. The summed E-state index contributed by atoms with van der Waals surface area (Å²) in [6, 6.07) is 9.48. The number of hydrogen-bond donors (Lipinski definition) is 1. The van der Waals surface area contributed by atoms with Gasteiger partial charge in [-0.05, 0) is 61.6 Å². The van der Waals surface area contributed by atoms with E-state index < -0.39 is 23.5 Å². The van der Waals surface area contributed by atoms with Crippen LogP contribution in [-0.4, -0.2) is 45.7 Å². The van der Waals surface area contributed by atoms with Crippen LogP contribution >= 0.6 is 57.6 Å². The molecule has 45 heavy (non-hydrogen) atoms. The maximum absolute atomic E-state index is 14.0. The highest BCUT2D eigenvalue weighted by Gasteiger charge is 2.47. The van der Waals surface area contributed by atoms with Gasteiger partial charge in [0.15, 0.2) is 21.6 Å². The average molecular weight is 706 g/mol. The molecule has 4 aromatic rings. The Kier molecular flexibility index (Phi) is 10.4. The highest BCUT2D eigenvalue weighted by atomic mass is 35.5. The maximum Gasteiger partial charge on any atom is 0.296 e. The molecule has 1 aliphatic rings. The number of methoxy groups -OCH3 is 1. The number of nitrogens with zero attached hydrogens (tertiary/aromatic N) is 4. The average Bonchev–Trinajstić information content (AvgIpc) is 3.67. The van der Waals surface area contributed by atoms with Crippen molar-refractivity contribution in [3.63, 3.8) is 0 Å². The Morgan fingerprint density at radius 1 is 1.11 bits per heavy atom. The van der Waals surface area contributed by atoms with Crippen LogP contribution in [0.4, 0.5) is 5.13 Å². The van der Waals surface area contributed by atoms with Gasteiger partial charge in [-0.25, -0.2) is 4.98 Å². The number of ketones is 1. The molecule has 0 saturated heterocycles. The Balaban J connectivity index is 1.52. The Hall–Kier alpha value is -3.16. The van der Waals surface area contributed by atoms with Gasteiger partial charge in [-0.15, -0.1) is 21.5 Å². The van der Waals surface area contributed by atoms with Gasteiger partial charge in [-0.2, -0.15) is 0 Å². The summed E-state index contributed by atoms with van der Waals surface area (Å²) in [6.45, 7) is 8.26. The van der Waals surface area contributed by atoms with Crippen molar-refractivity contribution in [2.45, 2.75) is 50.3 Å². The standard InChI is InChI=1S/C31H30Cl2N4O5S3/c1-15(2)10-11-42-22-9-7-18(12-23(22)41-5)25-24(26(38)28-16(3)34-17(4)44-28)27(39)29(40)37(25)30-35-36-31(45-30)43-14-19-6-8-20(32)13-21(19)33/h6-9,12-13,15,25,39H,10-11,14H2,1-5H3. The van der Waals surface area contributed by atoms with Gasteiger partial charge in [-0.3, -0.25) is 14.5 Å². The SMILES string of the molecule is COc1cc(C2C(C(=O)c3sc(C)nc3C)=C(O)C(=O)N2c2nnc(SCc3ccc(Cl)cc3Cl)s2)ccc1OCCC(C)C. The van der Waals surface area contributed by atoms with Crippen LogP contribution in [0.15, 0.2) is 52.1 Å². The quantitative estimate of drug-likeness (QED) is 0.0881. The second-order valence-corrected chi connectivity index (χ2v) is 14.9. The zero-order chi connectivity index (χ0) is 32.4.